The molecule has 0 aliphatic rings. The van der Waals surface area contributed by atoms with Crippen LogP contribution in [0.1, 0.15) is 21.5 Å². The van der Waals surface area contributed by atoms with E-state index in [9.17, 15) is 4.79 Å². The largest absolute Gasteiger partial charge is 0.487 e. The topological polar surface area (TPSA) is 85.3 Å². The molecule has 0 amide bonds. The molecule has 2 rings (SSSR count). The van der Waals surface area contributed by atoms with E-state index in [4.69, 9.17) is 15.7 Å². The van der Waals surface area contributed by atoms with E-state index in [1.807, 2.05) is 6.07 Å². The number of nitrogen functional groups attached to an aromatic ring is 1. The average molecular weight is 282 g/mol. The number of nitriles is 1. The van der Waals surface area contributed by atoms with Gasteiger partial charge >= 0.3 is 5.97 Å². The van der Waals surface area contributed by atoms with E-state index < -0.39 is 5.97 Å². The lowest BCUT2D eigenvalue weighted by Crippen LogP contribution is -2.05. The van der Waals surface area contributed by atoms with E-state index >= 15 is 0 Å². The highest BCUT2D eigenvalue weighted by Crippen LogP contribution is 2.24. The summed E-state index contributed by atoms with van der Waals surface area (Å²) in [5.41, 5.74) is 7.89. The number of methoxy groups -OCH3 is 1. The Morgan fingerprint density at radius 3 is 2.76 bits per heavy atom. The maximum atomic E-state index is 11.5. The van der Waals surface area contributed by atoms with Gasteiger partial charge in [-0.3, -0.25) is 0 Å². The fourth-order valence-electron chi connectivity index (χ4n) is 1.81. The van der Waals surface area contributed by atoms with Crippen molar-refractivity contribution in [2.45, 2.75) is 6.61 Å². The molecular weight excluding hydrogens is 268 g/mol. The van der Waals surface area contributed by atoms with Crippen LogP contribution in [0.15, 0.2) is 42.5 Å². The molecule has 0 saturated heterocycles. The normalized spacial score (nSPS) is 9.71. The molecule has 0 bridgehead atoms. The van der Waals surface area contributed by atoms with Crippen LogP contribution in [0.4, 0.5) is 5.69 Å². The maximum Gasteiger partial charge on any atom is 0.337 e. The molecule has 0 spiro atoms. The Labute approximate surface area is 122 Å². The van der Waals surface area contributed by atoms with Crippen molar-refractivity contribution in [1.29, 1.82) is 5.26 Å². The van der Waals surface area contributed by atoms with Crippen molar-refractivity contribution in [3.05, 3.63) is 59.2 Å². The predicted molar refractivity (Wildman–Crippen MR) is 77.7 cm³/mol. The summed E-state index contributed by atoms with van der Waals surface area (Å²) < 4.78 is 10.3. The number of anilines is 1. The number of benzene rings is 2. The van der Waals surface area contributed by atoms with Crippen molar-refractivity contribution < 1.29 is 14.3 Å². The van der Waals surface area contributed by atoms with Crippen LogP contribution in [0.25, 0.3) is 0 Å². The van der Waals surface area contributed by atoms with Crippen molar-refractivity contribution >= 4 is 11.7 Å². The lowest BCUT2D eigenvalue weighted by molar-refractivity contribution is 0.0600. The zero-order valence-electron chi connectivity index (χ0n) is 11.5. The summed E-state index contributed by atoms with van der Waals surface area (Å²) in [4.78, 5) is 11.5. The van der Waals surface area contributed by atoms with Crippen LogP contribution in [-0.2, 0) is 11.3 Å². The quantitative estimate of drug-likeness (QED) is 0.688. The first kappa shape index (κ1) is 14.4. The summed E-state index contributed by atoms with van der Waals surface area (Å²) in [5, 5.41) is 9.03. The first-order chi connectivity index (χ1) is 10.2. The van der Waals surface area contributed by atoms with E-state index in [2.05, 4.69) is 10.8 Å². The zero-order chi connectivity index (χ0) is 15.2. The van der Waals surface area contributed by atoms with E-state index in [0.29, 0.717) is 22.6 Å². The van der Waals surface area contributed by atoms with Gasteiger partial charge in [0, 0.05) is 5.56 Å². The smallest absolute Gasteiger partial charge is 0.337 e. The van der Waals surface area contributed by atoms with Crippen LogP contribution in [0.3, 0.4) is 0 Å². The van der Waals surface area contributed by atoms with E-state index in [1.54, 1.807) is 30.3 Å². The summed E-state index contributed by atoms with van der Waals surface area (Å²) >= 11 is 0. The molecule has 5 nitrogen and oxygen atoms in total. The molecule has 21 heavy (non-hydrogen) atoms. The minimum absolute atomic E-state index is 0.193. The van der Waals surface area contributed by atoms with Crippen molar-refractivity contribution in [2.75, 3.05) is 12.8 Å². The number of rotatable bonds is 4. The van der Waals surface area contributed by atoms with Gasteiger partial charge in [0.2, 0.25) is 0 Å². The molecule has 5 heteroatoms. The van der Waals surface area contributed by atoms with E-state index in [-0.39, 0.29) is 6.61 Å². The van der Waals surface area contributed by atoms with Gasteiger partial charge < -0.3 is 15.2 Å². The highest BCUT2D eigenvalue weighted by atomic mass is 16.5. The van der Waals surface area contributed by atoms with E-state index in [1.165, 1.54) is 13.2 Å². The summed E-state index contributed by atoms with van der Waals surface area (Å²) in [6.45, 7) is 0.193. The monoisotopic (exact) mass is 282 g/mol. The van der Waals surface area contributed by atoms with Crippen molar-refractivity contribution in [1.82, 2.24) is 0 Å². The number of ether oxygens (including phenoxy) is 2. The number of hydrogen-bond donors (Lipinski definition) is 1. The molecule has 0 atom stereocenters. The molecule has 0 saturated carbocycles. The summed E-state index contributed by atoms with van der Waals surface area (Å²) in [6, 6.07) is 13.9. The first-order valence-corrected chi connectivity index (χ1v) is 6.24. The Kier molecular flexibility index (Phi) is 4.42. The third kappa shape index (κ3) is 3.31. The van der Waals surface area contributed by atoms with Gasteiger partial charge in [0.05, 0.1) is 30.0 Å². The van der Waals surface area contributed by atoms with Gasteiger partial charge in [-0.25, -0.2) is 4.79 Å². The highest BCUT2D eigenvalue weighted by Gasteiger charge is 2.10. The minimum Gasteiger partial charge on any atom is -0.487 e. The molecule has 0 aliphatic heterocycles. The fraction of sp³-hybridized carbons (Fsp3) is 0.125. The van der Waals surface area contributed by atoms with Gasteiger partial charge in [-0.15, -0.1) is 0 Å². The molecule has 0 fully saturated rings. The highest BCUT2D eigenvalue weighted by molar-refractivity contribution is 5.90. The molecule has 2 aromatic carbocycles. The van der Waals surface area contributed by atoms with Gasteiger partial charge in [0.15, 0.2) is 0 Å². The molecule has 0 aliphatic carbocycles. The molecule has 0 radical (unpaired) electrons. The SMILES string of the molecule is COC(=O)c1ccc(N)c(OCc2ccccc2C#N)c1. The van der Waals surface area contributed by atoms with Crippen LogP contribution in [0, 0.1) is 11.3 Å². The number of esters is 1. The number of hydrogen-bond acceptors (Lipinski definition) is 5. The predicted octanol–water partition coefficient (Wildman–Crippen LogP) is 2.51. The molecular formula is C16H14N2O3. The fourth-order valence-corrected chi connectivity index (χ4v) is 1.81. The molecule has 2 N–H and O–H groups in total. The Morgan fingerprint density at radius 1 is 1.29 bits per heavy atom. The summed E-state index contributed by atoms with van der Waals surface area (Å²) in [7, 11) is 1.31. The van der Waals surface area contributed by atoms with Crippen LogP contribution in [0.2, 0.25) is 0 Å². The third-order valence-corrected chi connectivity index (χ3v) is 2.96. The summed E-state index contributed by atoms with van der Waals surface area (Å²) in [5.74, 6) is -0.0806. The Bertz CT molecular complexity index is 705. The summed E-state index contributed by atoms with van der Waals surface area (Å²) in [6.07, 6.45) is 0. The van der Waals surface area contributed by atoms with Gasteiger partial charge in [0.25, 0.3) is 0 Å². The molecule has 106 valence electrons. The Balaban J connectivity index is 2.20. The van der Waals surface area contributed by atoms with Gasteiger partial charge in [-0.1, -0.05) is 18.2 Å². The van der Waals surface area contributed by atoms with Crippen molar-refractivity contribution in [2.24, 2.45) is 0 Å². The number of carbonyl (C=O) groups excluding carboxylic acids is 1. The number of nitrogens with zero attached hydrogens (tertiary/aromatic N) is 1. The second-order valence-corrected chi connectivity index (χ2v) is 4.30. The molecule has 2 aromatic rings. The Morgan fingerprint density at radius 2 is 2.05 bits per heavy atom. The second kappa shape index (κ2) is 6.44. The zero-order valence-corrected chi connectivity index (χ0v) is 11.5. The number of carbonyl (C=O) groups is 1. The third-order valence-electron chi connectivity index (χ3n) is 2.96. The minimum atomic E-state index is -0.461. The van der Waals surface area contributed by atoms with Gasteiger partial charge in [-0.05, 0) is 24.3 Å². The van der Waals surface area contributed by atoms with Crippen LogP contribution in [-0.4, -0.2) is 13.1 Å². The van der Waals surface area contributed by atoms with Crippen LogP contribution in [0.5, 0.6) is 5.75 Å². The standard InChI is InChI=1S/C16H14N2O3/c1-20-16(19)11-6-7-14(18)15(8-11)21-10-13-5-3-2-4-12(13)9-17/h2-8H,10,18H2,1H3. The van der Waals surface area contributed by atoms with E-state index in [0.717, 1.165) is 5.56 Å². The molecule has 0 heterocycles. The molecule has 0 aromatic heterocycles. The second-order valence-electron chi connectivity index (χ2n) is 4.30. The van der Waals surface area contributed by atoms with Crippen molar-refractivity contribution in [3.8, 4) is 11.8 Å². The van der Waals surface area contributed by atoms with Gasteiger partial charge in [0.1, 0.15) is 12.4 Å². The first-order valence-electron chi connectivity index (χ1n) is 6.24. The average Bonchev–Trinajstić information content (AvgIpc) is 2.53. The number of nitrogens with two attached hydrogens (primary N) is 1. The van der Waals surface area contributed by atoms with Crippen LogP contribution >= 0.6 is 0 Å². The lowest BCUT2D eigenvalue weighted by atomic mass is 10.1. The molecule has 0 unspecified atom stereocenters. The van der Waals surface area contributed by atoms with Crippen LogP contribution < -0.4 is 10.5 Å². The van der Waals surface area contributed by atoms with Crippen molar-refractivity contribution in [3.63, 3.8) is 0 Å². The maximum absolute atomic E-state index is 11.5. The Hall–Kier alpha value is -3.00. The lowest BCUT2D eigenvalue weighted by Gasteiger charge is -2.11. The van der Waals surface area contributed by atoms with Gasteiger partial charge in [-0.2, -0.15) is 5.26 Å².